The van der Waals surface area contributed by atoms with E-state index in [-0.39, 0.29) is 25.1 Å². The largest absolute Gasteiger partial charge is 0.472 e. The fourth-order valence-corrected chi connectivity index (χ4v) is 11.6. The van der Waals surface area contributed by atoms with Gasteiger partial charge in [0, 0.05) is 12.8 Å². The average Bonchev–Trinajstić information content (AvgIpc) is 3.44. The van der Waals surface area contributed by atoms with E-state index < -0.39 is 20.0 Å². The minimum absolute atomic E-state index is 0.0446. The standard InChI is InChI=1S/C71H139N2O7P/c1-7-10-13-16-19-22-25-28-30-32-34-35-36-37-39-41-43-46-49-52-55-58-61-64-71(75)80-69(62-59-56-53-50-47-44-27-24-21-18-15-12-9-3)68(67-79-81(76,77)78-66-65-73(4,5)6)72-70(74)63-60-57-54-51-48-45-42-40-38-33-31-29-26-23-20-17-14-11-8-2/h28,30,59,62,68-69H,7-27,29,31-58,60-61,63-67H2,1-6H3,(H-,72,74,76,77)/p+1/b30-28+,62-59+. The molecule has 0 radical (unpaired) electrons. The lowest BCUT2D eigenvalue weighted by Crippen LogP contribution is -2.47. The van der Waals surface area contributed by atoms with Crippen LogP contribution in [0.1, 0.15) is 367 Å². The highest BCUT2D eigenvalue weighted by molar-refractivity contribution is 7.47. The van der Waals surface area contributed by atoms with Crippen LogP contribution in [0.3, 0.4) is 0 Å². The minimum atomic E-state index is -4.45. The summed E-state index contributed by atoms with van der Waals surface area (Å²) in [5, 5.41) is 3.08. The second kappa shape index (κ2) is 61.6. The Hall–Kier alpha value is -1.51. The molecule has 9 nitrogen and oxygen atoms in total. The molecular weight excluding hydrogens is 1020 g/mol. The molecule has 0 aliphatic carbocycles. The lowest BCUT2D eigenvalue weighted by molar-refractivity contribution is -0.870. The van der Waals surface area contributed by atoms with Crippen LogP contribution in [0, 0.1) is 0 Å². The van der Waals surface area contributed by atoms with Crippen LogP contribution in [0.2, 0.25) is 0 Å². The summed E-state index contributed by atoms with van der Waals surface area (Å²) < 4.78 is 30.9. The van der Waals surface area contributed by atoms with Crippen molar-refractivity contribution in [1.29, 1.82) is 0 Å². The zero-order chi connectivity index (χ0) is 59.3. The fraction of sp³-hybridized carbons (Fsp3) is 0.915. The number of rotatable bonds is 66. The summed E-state index contributed by atoms with van der Waals surface area (Å²) >= 11 is 0. The molecule has 2 N–H and O–H groups in total. The quantitative estimate of drug-likeness (QED) is 0.0205. The van der Waals surface area contributed by atoms with Crippen LogP contribution in [0.15, 0.2) is 24.3 Å². The van der Waals surface area contributed by atoms with Crippen LogP contribution in [0.25, 0.3) is 0 Å². The third kappa shape index (κ3) is 62.8. The van der Waals surface area contributed by atoms with Gasteiger partial charge in [-0.15, -0.1) is 0 Å². The molecule has 1 amide bonds. The molecule has 0 saturated heterocycles. The highest BCUT2D eigenvalue weighted by Crippen LogP contribution is 2.43. The van der Waals surface area contributed by atoms with E-state index in [0.717, 1.165) is 57.8 Å². The first-order valence-corrected chi connectivity index (χ1v) is 37.2. The number of amides is 1. The van der Waals surface area contributed by atoms with Crippen molar-refractivity contribution in [2.45, 2.75) is 380 Å². The van der Waals surface area contributed by atoms with Crippen LogP contribution >= 0.6 is 7.82 Å². The number of quaternary nitrogens is 1. The Bertz CT molecular complexity index is 1430. The van der Waals surface area contributed by atoms with Gasteiger partial charge in [-0.3, -0.25) is 18.6 Å². The fourth-order valence-electron chi connectivity index (χ4n) is 10.9. The van der Waals surface area contributed by atoms with Crippen molar-refractivity contribution < 1.29 is 37.3 Å². The van der Waals surface area contributed by atoms with E-state index in [1.165, 1.54) is 276 Å². The van der Waals surface area contributed by atoms with Gasteiger partial charge in [-0.05, 0) is 57.4 Å². The predicted molar refractivity (Wildman–Crippen MR) is 351 cm³/mol. The molecule has 0 aliphatic heterocycles. The summed E-state index contributed by atoms with van der Waals surface area (Å²) in [6, 6.07) is -0.843. The van der Waals surface area contributed by atoms with Gasteiger partial charge < -0.3 is 19.4 Å². The molecule has 0 spiro atoms. The third-order valence-electron chi connectivity index (χ3n) is 16.4. The van der Waals surface area contributed by atoms with Crippen LogP contribution in [0.5, 0.6) is 0 Å². The van der Waals surface area contributed by atoms with Crippen LogP contribution in [-0.4, -0.2) is 74.3 Å². The van der Waals surface area contributed by atoms with E-state index in [1.54, 1.807) is 0 Å². The number of ether oxygens (including phenoxy) is 1. The number of unbranched alkanes of at least 4 members (excludes halogenated alkanes) is 48. The van der Waals surface area contributed by atoms with E-state index in [9.17, 15) is 19.0 Å². The van der Waals surface area contributed by atoms with Crippen molar-refractivity contribution in [3.8, 4) is 0 Å². The highest BCUT2D eigenvalue weighted by atomic mass is 31.2. The second-order valence-corrected chi connectivity index (χ2v) is 27.2. The molecule has 480 valence electrons. The molecule has 81 heavy (non-hydrogen) atoms. The van der Waals surface area contributed by atoms with E-state index in [4.69, 9.17) is 13.8 Å². The molecule has 0 saturated carbocycles. The maximum absolute atomic E-state index is 13.6. The van der Waals surface area contributed by atoms with Crippen molar-refractivity contribution in [3.05, 3.63) is 24.3 Å². The van der Waals surface area contributed by atoms with E-state index >= 15 is 0 Å². The van der Waals surface area contributed by atoms with Gasteiger partial charge in [-0.2, -0.15) is 0 Å². The first kappa shape index (κ1) is 79.5. The average molecular weight is 1160 g/mol. The van der Waals surface area contributed by atoms with Crippen LogP contribution in [0.4, 0.5) is 0 Å². The number of hydrogen-bond donors (Lipinski definition) is 2. The minimum Gasteiger partial charge on any atom is -0.456 e. The van der Waals surface area contributed by atoms with Crippen LogP contribution in [-0.2, 0) is 27.9 Å². The maximum Gasteiger partial charge on any atom is 0.472 e. The number of allylic oxidation sites excluding steroid dienone is 3. The zero-order valence-electron chi connectivity index (χ0n) is 55.1. The number of nitrogens with one attached hydrogen (secondary N) is 1. The number of hydrogen-bond acceptors (Lipinski definition) is 6. The number of phosphoric ester groups is 1. The van der Waals surface area contributed by atoms with Gasteiger partial charge in [0.1, 0.15) is 19.3 Å². The van der Waals surface area contributed by atoms with Crippen molar-refractivity contribution >= 4 is 19.7 Å². The van der Waals surface area contributed by atoms with Gasteiger partial charge in [0.25, 0.3) is 0 Å². The SMILES string of the molecule is CCCCCCCC/C=C/CCCCCCCCCCCCCCCC(=O)OC(/C=C/CCCCCCCCCCCCC)C(COP(=O)(O)OCC[N+](C)(C)C)NC(=O)CCCCCCCCCCCCCCCCCCCCC. The maximum atomic E-state index is 13.6. The van der Waals surface area contributed by atoms with Gasteiger partial charge in [0.2, 0.25) is 5.91 Å². The molecule has 0 aromatic rings. The van der Waals surface area contributed by atoms with Gasteiger partial charge in [-0.1, -0.05) is 322 Å². The number of nitrogens with zero attached hydrogens (tertiary/aromatic N) is 1. The summed E-state index contributed by atoms with van der Waals surface area (Å²) in [6.45, 7) is 7.08. The number of carbonyl (C=O) groups excluding carboxylic acids is 2. The number of carbonyl (C=O) groups is 2. The van der Waals surface area contributed by atoms with Gasteiger partial charge in [0.05, 0.1) is 33.8 Å². The topological polar surface area (TPSA) is 111 Å². The Morgan fingerprint density at radius 2 is 0.716 bits per heavy atom. The molecule has 0 fully saturated rings. The predicted octanol–water partition coefficient (Wildman–Crippen LogP) is 22.5. The molecule has 0 heterocycles. The normalized spacial score (nSPS) is 13.6. The van der Waals surface area contributed by atoms with Crippen molar-refractivity contribution in [2.24, 2.45) is 0 Å². The summed E-state index contributed by atoms with van der Waals surface area (Å²) in [5.74, 6) is -0.481. The lowest BCUT2D eigenvalue weighted by Gasteiger charge is -2.27. The zero-order valence-corrected chi connectivity index (χ0v) is 56.0. The molecule has 0 aliphatic rings. The lowest BCUT2D eigenvalue weighted by atomic mass is 10.0. The summed E-state index contributed by atoms with van der Waals surface area (Å²) in [5.41, 5.74) is 0. The Kier molecular flexibility index (Phi) is 60.4. The smallest absolute Gasteiger partial charge is 0.456 e. The van der Waals surface area contributed by atoms with Gasteiger partial charge in [0.15, 0.2) is 0 Å². The molecule has 0 rings (SSSR count). The van der Waals surface area contributed by atoms with Gasteiger partial charge >= 0.3 is 13.8 Å². The Morgan fingerprint density at radius 3 is 1.05 bits per heavy atom. The Balaban J connectivity index is 5.08. The molecule has 0 aromatic carbocycles. The first-order chi connectivity index (χ1) is 39.4. The summed E-state index contributed by atoms with van der Waals surface area (Å²) in [7, 11) is 1.52. The first-order valence-electron chi connectivity index (χ1n) is 35.7. The Morgan fingerprint density at radius 1 is 0.420 bits per heavy atom. The van der Waals surface area contributed by atoms with Crippen molar-refractivity contribution in [2.75, 3.05) is 40.9 Å². The van der Waals surface area contributed by atoms with Gasteiger partial charge in [-0.25, -0.2) is 4.57 Å². The molecule has 10 heteroatoms. The van der Waals surface area contributed by atoms with Crippen molar-refractivity contribution in [3.63, 3.8) is 0 Å². The second-order valence-electron chi connectivity index (χ2n) is 25.8. The molecule has 0 bridgehead atoms. The summed E-state index contributed by atoms with van der Waals surface area (Å²) in [4.78, 5) is 37.9. The van der Waals surface area contributed by atoms with Crippen LogP contribution < -0.4 is 5.32 Å². The molecule has 3 unspecified atom stereocenters. The number of likely N-dealkylation sites (N-methyl/N-ethyl adjacent to an activating group) is 1. The third-order valence-corrected chi connectivity index (χ3v) is 17.4. The van der Waals surface area contributed by atoms with E-state index in [1.807, 2.05) is 27.2 Å². The molecule has 3 atom stereocenters. The van der Waals surface area contributed by atoms with E-state index in [2.05, 4.69) is 44.3 Å². The Labute approximate surface area is 504 Å². The number of esters is 1. The highest BCUT2D eigenvalue weighted by Gasteiger charge is 2.30. The molecule has 0 aromatic heterocycles. The number of phosphoric acid groups is 1. The van der Waals surface area contributed by atoms with Crippen molar-refractivity contribution in [1.82, 2.24) is 5.32 Å². The summed E-state index contributed by atoms with van der Waals surface area (Å²) in [6.07, 6.45) is 74.7. The molecular formula is C71H140N2O7P+. The van der Waals surface area contributed by atoms with E-state index in [0.29, 0.717) is 23.9 Å². The monoisotopic (exact) mass is 1160 g/mol.